The smallest absolute Gasteiger partial charge is 0.256 e. The molecule has 0 atom stereocenters. The van der Waals surface area contributed by atoms with E-state index in [4.69, 9.17) is 4.42 Å². The number of rotatable bonds is 6. The Balaban J connectivity index is 1.78. The van der Waals surface area contributed by atoms with Crippen LogP contribution in [0, 0.1) is 0 Å². The number of aryl methyl sites for hydroxylation is 1. The predicted octanol–water partition coefficient (Wildman–Crippen LogP) is 1.66. The number of nitrogens with zero attached hydrogens (tertiary/aromatic N) is 7. The molecule has 9 nitrogen and oxygen atoms in total. The zero-order chi connectivity index (χ0) is 17.8. The van der Waals surface area contributed by atoms with Crippen molar-refractivity contribution >= 4 is 5.91 Å². The molecule has 3 rings (SSSR count). The fourth-order valence-corrected chi connectivity index (χ4v) is 2.28. The maximum Gasteiger partial charge on any atom is 0.256 e. The summed E-state index contributed by atoms with van der Waals surface area (Å²) >= 11 is 0. The number of hydrogen-bond donors (Lipinski definition) is 0. The lowest BCUT2D eigenvalue weighted by Gasteiger charge is -2.25. The molecule has 0 fully saturated rings. The van der Waals surface area contributed by atoms with Crippen LogP contribution in [0.4, 0.5) is 0 Å². The van der Waals surface area contributed by atoms with Crippen molar-refractivity contribution in [3.63, 3.8) is 0 Å². The van der Waals surface area contributed by atoms with Gasteiger partial charge in [0.15, 0.2) is 0 Å². The summed E-state index contributed by atoms with van der Waals surface area (Å²) in [6.45, 7) is 6.07. The zero-order valence-electron chi connectivity index (χ0n) is 14.3. The number of carbonyl (C=O) groups excluding carboxylic acids is 1. The van der Waals surface area contributed by atoms with Crippen molar-refractivity contribution in [1.29, 1.82) is 0 Å². The molecule has 0 bridgehead atoms. The Morgan fingerprint density at radius 2 is 1.92 bits per heavy atom. The van der Waals surface area contributed by atoms with Crippen molar-refractivity contribution < 1.29 is 9.21 Å². The molecule has 1 amide bonds. The molecule has 0 N–H and O–H groups in total. The van der Waals surface area contributed by atoms with Gasteiger partial charge < -0.3 is 9.32 Å². The SMILES string of the molecule is CCc1nnc(CN(C(=O)c2ccc(-n3cnnc3)nc2)C(C)C)o1. The highest BCUT2D eigenvalue weighted by molar-refractivity contribution is 5.94. The average Bonchev–Trinajstić information content (AvgIpc) is 3.30. The maximum atomic E-state index is 12.8. The second-order valence-corrected chi connectivity index (χ2v) is 5.74. The van der Waals surface area contributed by atoms with Gasteiger partial charge in [0, 0.05) is 18.7 Å². The van der Waals surface area contributed by atoms with Crippen LogP contribution < -0.4 is 0 Å². The lowest BCUT2D eigenvalue weighted by molar-refractivity contribution is 0.0671. The molecule has 9 heteroatoms. The van der Waals surface area contributed by atoms with E-state index in [1.807, 2.05) is 20.8 Å². The molecule has 0 saturated carbocycles. The summed E-state index contributed by atoms with van der Waals surface area (Å²) in [4.78, 5) is 18.8. The minimum absolute atomic E-state index is 0.0259. The average molecular weight is 341 g/mol. The summed E-state index contributed by atoms with van der Waals surface area (Å²) in [6, 6.07) is 3.45. The van der Waals surface area contributed by atoms with Gasteiger partial charge in [-0.25, -0.2) is 4.98 Å². The van der Waals surface area contributed by atoms with Gasteiger partial charge in [-0.3, -0.25) is 9.36 Å². The first-order valence-electron chi connectivity index (χ1n) is 8.01. The highest BCUT2D eigenvalue weighted by Gasteiger charge is 2.22. The maximum absolute atomic E-state index is 12.8. The van der Waals surface area contributed by atoms with Gasteiger partial charge in [-0.1, -0.05) is 6.92 Å². The van der Waals surface area contributed by atoms with Crippen LogP contribution in [0.1, 0.15) is 42.9 Å². The third-order valence-corrected chi connectivity index (χ3v) is 3.68. The van der Waals surface area contributed by atoms with E-state index in [0.717, 1.165) is 0 Å². The van der Waals surface area contributed by atoms with E-state index >= 15 is 0 Å². The lowest BCUT2D eigenvalue weighted by Crippen LogP contribution is -2.36. The number of carbonyl (C=O) groups is 1. The van der Waals surface area contributed by atoms with Gasteiger partial charge in [0.05, 0.1) is 12.1 Å². The van der Waals surface area contributed by atoms with Gasteiger partial charge in [-0.05, 0) is 26.0 Å². The molecule has 0 aliphatic rings. The molecular formula is C16H19N7O2. The van der Waals surface area contributed by atoms with E-state index in [2.05, 4.69) is 25.4 Å². The monoisotopic (exact) mass is 341 g/mol. The summed E-state index contributed by atoms with van der Waals surface area (Å²) in [7, 11) is 0. The number of aromatic nitrogens is 6. The standard InChI is InChI=1S/C16H19N7O2/c1-4-14-20-21-15(25-14)8-23(11(2)3)16(24)12-5-6-13(17-7-12)22-9-18-19-10-22/h5-7,9-11H,4,8H2,1-3H3. The Kier molecular flexibility index (Phi) is 4.82. The number of amides is 1. The Labute approximate surface area is 144 Å². The summed E-state index contributed by atoms with van der Waals surface area (Å²) < 4.78 is 7.18. The molecule has 0 radical (unpaired) electrons. The Morgan fingerprint density at radius 3 is 2.48 bits per heavy atom. The van der Waals surface area contributed by atoms with E-state index in [0.29, 0.717) is 29.6 Å². The van der Waals surface area contributed by atoms with Crippen LogP contribution in [0.3, 0.4) is 0 Å². The molecule has 25 heavy (non-hydrogen) atoms. The summed E-state index contributed by atoms with van der Waals surface area (Å²) in [6.07, 6.45) is 5.30. The molecule has 0 saturated heterocycles. The molecule has 0 aliphatic heterocycles. The normalized spacial score (nSPS) is 11.0. The molecule has 3 aromatic heterocycles. The van der Waals surface area contributed by atoms with Crippen LogP contribution in [-0.2, 0) is 13.0 Å². The number of pyridine rings is 1. The molecule has 0 unspecified atom stereocenters. The van der Waals surface area contributed by atoms with Crippen molar-refractivity contribution in [1.82, 2.24) is 34.8 Å². The molecule has 130 valence electrons. The van der Waals surface area contributed by atoms with E-state index in [1.165, 1.54) is 0 Å². The van der Waals surface area contributed by atoms with Crippen LogP contribution in [0.5, 0.6) is 0 Å². The van der Waals surface area contributed by atoms with Gasteiger partial charge in [-0.15, -0.1) is 20.4 Å². The van der Waals surface area contributed by atoms with Crippen LogP contribution in [-0.4, -0.2) is 46.8 Å². The fraction of sp³-hybridized carbons (Fsp3) is 0.375. The molecule has 3 heterocycles. The van der Waals surface area contributed by atoms with Crippen LogP contribution in [0.2, 0.25) is 0 Å². The number of hydrogen-bond acceptors (Lipinski definition) is 7. The Morgan fingerprint density at radius 1 is 1.20 bits per heavy atom. The third-order valence-electron chi connectivity index (χ3n) is 3.68. The van der Waals surface area contributed by atoms with Crippen molar-refractivity contribution in [2.24, 2.45) is 0 Å². The Bertz CT molecular complexity index is 825. The van der Waals surface area contributed by atoms with Gasteiger partial charge >= 0.3 is 0 Å². The van der Waals surface area contributed by atoms with Gasteiger partial charge in [0.1, 0.15) is 18.5 Å². The molecular weight excluding hydrogens is 322 g/mol. The second-order valence-electron chi connectivity index (χ2n) is 5.74. The van der Waals surface area contributed by atoms with E-state index in [9.17, 15) is 4.79 Å². The van der Waals surface area contributed by atoms with Crippen molar-refractivity contribution in [3.8, 4) is 5.82 Å². The first-order chi connectivity index (χ1) is 12.1. The quantitative estimate of drug-likeness (QED) is 0.671. The molecule has 0 aliphatic carbocycles. The van der Waals surface area contributed by atoms with Crippen LogP contribution in [0.15, 0.2) is 35.4 Å². The highest BCUT2D eigenvalue weighted by atomic mass is 16.4. The first kappa shape index (κ1) is 16.7. The van der Waals surface area contributed by atoms with Gasteiger partial charge in [0.25, 0.3) is 5.91 Å². The lowest BCUT2D eigenvalue weighted by atomic mass is 10.2. The fourth-order valence-electron chi connectivity index (χ4n) is 2.28. The molecule has 0 spiro atoms. The minimum atomic E-state index is -0.144. The summed E-state index contributed by atoms with van der Waals surface area (Å²) in [5.74, 6) is 1.48. The van der Waals surface area contributed by atoms with Crippen molar-refractivity contribution in [2.45, 2.75) is 39.8 Å². The summed E-state index contributed by atoms with van der Waals surface area (Å²) in [5.41, 5.74) is 0.487. The third kappa shape index (κ3) is 3.70. The molecule has 0 aromatic carbocycles. The van der Waals surface area contributed by atoms with Crippen LogP contribution >= 0.6 is 0 Å². The predicted molar refractivity (Wildman–Crippen MR) is 87.8 cm³/mol. The van der Waals surface area contributed by atoms with Gasteiger partial charge in [0.2, 0.25) is 11.8 Å². The van der Waals surface area contributed by atoms with E-state index < -0.39 is 0 Å². The minimum Gasteiger partial charge on any atom is -0.423 e. The Hall–Kier alpha value is -3.10. The van der Waals surface area contributed by atoms with Gasteiger partial charge in [-0.2, -0.15) is 0 Å². The highest BCUT2D eigenvalue weighted by Crippen LogP contribution is 2.14. The zero-order valence-corrected chi connectivity index (χ0v) is 14.3. The summed E-state index contributed by atoms with van der Waals surface area (Å²) in [5, 5.41) is 15.4. The van der Waals surface area contributed by atoms with E-state index in [1.54, 1.807) is 40.5 Å². The topological polar surface area (TPSA) is 103 Å². The first-order valence-corrected chi connectivity index (χ1v) is 8.01. The van der Waals surface area contributed by atoms with Crippen molar-refractivity contribution in [2.75, 3.05) is 0 Å². The molecule has 3 aromatic rings. The second kappa shape index (κ2) is 7.20. The van der Waals surface area contributed by atoms with E-state index in [-0.39, 0.29) is 18.5 Å². The largest absolute Gasteiger partial charge is 0.423 e. The van der Waals surface area contributed by atoms with Crippen molar-refractivity contribution in [3.05, 3.63) is 48.3 Å². The van der Waals surface area contributed by atoms with Crippen LogP contribution in [0.25, 0.3) is 5.82 Å².